The van der Waals surface area contributed by atoms with Gasteiger partial charge in [-0.3, -0.25) is 9.79 Å². The summed E-state index contributed by atoms with van der Waals surface area (Å²) in [6.45, 7) is 9.19. The van der Waals surface area contributed by atoms with Gasteiger partial charge in [-0.15, -0.1) is 35.3 Å². The molecule has 150 valence electrons. The first-order chi connectivity index (χ1) is 12.6. The smallest absolute Gasteiger partial charge is 0.250 e. The van der Waals surface area contributed by atoms with Crippen LogP contribution < -0.4 is 16.2 Å². The van der Waals surface area contributed by atoms with Crippen LogP contribution in [0.2, 0.25) is 0 Å². The zero-order valence-electron chi connectivity index (χ0n) is 16.3. The molecular weight excluding hydrogens is 473 g/mol. The lowest BCUT2D eigenvalue weighted by Gasteiger charge is -2.11. The maximum atomic E-state index is 11.8. The Bertz CT molecular complexity index is 771. The number of nitrogens with one attached hydrogen (secondary N) is 2. The second-order valence-corrected chi connectivity index (χ2v) is 7.22. The molecule has 0 aromatic carbocycles. The number of pyridine rings is 1. The number of unbranched alkanes of at least 4 members (excludes halogenated alkanes) is 1. The largest absolute Gasteiger partial charge is 0.357 e. The summed E-state index contributed by atoms with van der Waals surface area (Å²) in [4.78, 5) is 20.9. The predicted molar refractivity (Wildman–Crippen MR) is 125 cm³/mol. The highest BCUT2D eigenvalue weighted by Crippen LogP contribution is 2.07. The molecular formula is C19H30IN5OS. The zero-order valence-corrected chi connectivity index (χ0v) is 19.5. The molecule has 0 saturated carbocycles. The molecule has 0 bridgehead atoms. The quantitative estimate of drug-likeness (QED) is 0.239. The monoisotopic (exact) mass is 503 g/mol. The summed E-state index contributed by atoms with van der Waals surface area (Å²) in [5.74, 6) is 0.840. The van der Waals surface area contributed by atoms with E-state index in [2.05, 4.69) is 32.9 Å². The van der Waals surface area contributed by atoms with Gasteiger partial charge in [0.05, 0.1) is 10.7 Å². The van der Waals surface area contributed by atoms with E-state index in [1.807, 2.05) is 24.5 Å². The van der Waals surface area contributed by atoms with E-state index >= 15 is 0 Å². The topological polar surface area (TPSA) is 71.3 Å². The second-order valence-electron chi connectivity index (χ2n) is 6.16. The standard InChI is InChI=1S/C19H29N5OS.HI/c1-4-20-19(22-12-10-17-14-26-16(3)23-17)21-11-5-6-13-24-15(2)8-7-9-18(24)25;/h7-9,14H,4-6,10-13H2,1-3H3,(H2,20,21,22);1H. The van der Waals surface area contributed by atoms with Crippen molar-refractivity contribution in [3.8, 4) is 0 Å². The van der Waals surface area contributed by atoms with E-state index in [1.54, 1.807) is 23.5 Å². The van der Waals surface area contributed by atoms with E-state index in [4.69, 9.17) is 0 Å². The van der Waals surface area contributed by atoms with Gasteiger partial charge in [-0.05, 0) is 39.7 Å². The lowest BCUT2D eigenvalue weighted by Crippen LogP contribution is -2.38. The van der Waals surface area contributed by atoms with E-state index in [-0.39, 0.29) is 29.5 Å². The highest BCUT2D eigenvalue weighted by Gasteiger charge is 2.01. The number of thiazole rings is 1. The van der Waals surface area contributed by atoms with Crippen LogP contribution in [0, 0.1) is 13.8 Å². The van der Waals surface area contributed by atoms with Gasteiger partial charge in [0.1, 0.15) is 0 Å². The van der Waals surface area contributed by atoms with E-state index in [0.717, 1.165) is 67.8 Å². The van der Waals surface area contributed by atoms with Crippen LogP contribution in [0.25, 0.3) is 0 Å². The van der Waals surface area contributed by atoms with Gasteiger partial charge in [-0.1, -0.05) is 6.07 Å². The summed E-state index contributed by atoms with van der Waals surface area (Å²) in [6, 6.07) is 5.39. The molecule has 0 fully saturated rings. The average molecular weight is 503 g/mol. The number of nitrogens with zero attached hydrogens (tertiary/aromatic N) is 3. The Morgan fingerprint density at radius 2 is 2.07 bits per heavy atom. The number of aliphatic imine (C=N–C) groups is 1. The minimum absolute atomic E-state index is 0. The summed E-state index contributed by atoms with van der Waals surface area (Å²) in [5.41, 5.74) is 2.20. The molecule has 27 heavy (non-hydrogen) atoms. The fourth-order valence-corrected chi connectivity index (χ4v) is 3.30. The fourth-order valence-electron chi connectivity index (χ4n) is 2.66. The number of rotatable bonds is 9. The molecule has 2 aromatic heterocycles. The molecule has 0 amide bonds. The first kappa shape index (κ1) is 23.6. The van der Waals surface area contributed by atoms with Gasteiger partial charge in [-0.25, -0.2) is 4.98 Å². The molecule has 0 spiro atoms. The van der Waals surface area contributed by atoms with Crippen molar-refractivity contribution in [2.75, 3.05) is 19.6 Å². The number of aryl methyl sites for hydroxylation is 2. The van der Waals surface area contributed by atoms with Crippen molar-refractivity contribution in [3.05, 3.63) is 50.3 Å². The highest BCUT2D eigenvalue weighted by molar-refractivity contribution is 14.0. The third-order valence-corrected chi connectivity index (χ3v) is 4.83. The Hall–Kier alpha value is -1.42. The number of hydrogen-bond donors (Lipinski definition) is 2. The Balaban J connectivity index is 0.00000364. The Morgan fingerprint density at radius 3 is 2.74 bits per heavy atom. The highest BCUT2D eigenvalue weighted by atomic mass is 127. The van der Waals surface area contributed by atoms with Crippen LogP contribution in [-0.4, -0.2) is 35.1 Å². The summed E-state index contributed by atoms with van der Waals surface area (Å²) >= 11 is 1.68. The maximum Gasteiger partial charge on any atom is 0.250 e. The van der Waals surface area contributed by atoms with Crippen LogP contribution in [-0.2, 0) is 13.0 Å². The van der Waals surface area contributed by atoms with E-state index in [1.165, 1.54) is 0 Å². The van der Waals surface area contributed by atoms with Crippen LogP contribution in [0.4, 0.5) is 0 Å². The van der Waals surface area contributed by atoms with Crippen LogP contribution in [0.5, 0.6) is 0 Å². The van der Waals surface area contributed by atoms with Gasteiger partial charge in [0.25, 0.3) is 5.56 Å². The Kier molecular flexibility index (Phi) is 11.3. The average Bonchev–Trinajstić information content (AvgIpc) is 3.02. The molecule has 0 unspecified atom stereocenters. The van der Waals surface area contributed by atoms with Crippen molar-refractivity contribution in [3.63, 3.8) is 0 Å². The Labute approximate surface area is 182 Å². The third-order valence-electron chi connectivity index (χ3n) is 4.01. The van der Waals surface area contributed by atoms with Gasteiger partial charge in [0.2, 0.25) is 0 Å². The number of guanidine groups is 1. The molecule has 2 heterocycles. The van der Waals surface area contributed by atoms with Crippen LogP contribution in [0.1, 0.15) is 36.2 Å². The fraction of sp³-hybridized carbons (Fsp3) is 0.526. The van der Waals surface area contributed by atoms with E-state index in [0.29, 0.717) is 0 Å². The first-order valence-electron chi connectivity index (χ1n) is 9.19. The predicted octanol–water partition coefficient (Wildman–Crippen LogP) is 3.12. The van der Waals surface area contributed by atoms with Crippen LogP contribution in [0.15, 0.2) is 33.4 Å². The molecule has 0 aliphatic rings. The van der Waals surface area contributed by atoms with Crippen molar-refractivity contribution < 1.29 is 0 Å². The summed E-state index contributed by atoms with van der Waals surface area (Å²) in [7, 11) is 0. The Morgan fingerprint density at radius 1 is 1.26 bits per heavy atom. The van der Waals surface area contributed by atoms with Crippen molar-refractivity contribution in [2.45, 2.75) is 46.6 Å². The number of hydrogen-bond acceptors (Lipinski definition) is 4. The second kappa shape index (κ2) is 12.9. The molecule has 2 N–H and O–H groups in total. The van der Waals surface area contributed by atoms with Crippen molar-refractivity contribution in [2.24, 2.45) is 4.99 Å². The SMILES string of the molecule is CCNC(=NCCCCn1c(C)cccc1=O)NCCc1csc(C)n1.I. The van der Waals surface area contributed by atoms with Crippen molar-refractivity contribution in [1.29, 1.82) is 0 Å². The lowest BCUT2D eigenvalue weighted by molar-refractivity contribution is 0.585. The number of aromatic nitrogens is 2. The van der Waals surface area contributed by atoms with E-state index in [9.17, 15) is 4.79 Å². The molecule has 8 heteroatoms. The van der Waals surface area contributed by atoms with Gasteiger partial charge >= 0.3 is 0 Å². The van der Waals surface area contributed by atoms with Crippen LogP contribution >= 0.6 is 35.3 Å². The molecule has 0 radical (unpaired) electrons. The number of halogens is 1. The zero-order chi connectivity index (χ0) is 18.8. The van der Waals surface area contributed by atoms with Gasteiger partial charge in [0, 0.05) is 49.7 Å². The molecule has 2 aromatic rings. The molecule has 2 rings (SSSR count). The van der Waals surface area contributed by atoms with Crippen LogP contribution in [0.3, 0.4) is 0 Å². The van der Waals surface area contributed by atoms with Crippen molar-refractivity contribution >= 4 is 41.3 Å². The van der Waals surface area contributed by atoms with Crippen molar-refractivity contribution in [1.82, 2.24) is 20.2 Å². The molecule has 0 aliphatic carbocycles. The van der Waals surface area contributed by atoms with Gasteiger partial charge in [0.15, 0.2) is 5.96 Å². The molecule has 0 aliphatic heterocycles. The first-order valence-corrected chi connectivity index (χ1v) is 10.1. The van der Waals surface area contributed by atoms with E-state index < -0.39 is 0 Å². The van der Waals surface area contributed by atoms with Gasteiger partial charge in [-0.2, -0.15) is 0 Å². The molecule has 6 nitrogen and oxygen atoms in total. The minimum Gasteiger partial charge on any atom is -0.357 e. The molecule has 0 atom stereocenters. The minimum atomic E-state index is 0. The van der Waals surface area contributed by atoms with Gasteiger partial charge < -0.3 is 15.2 Å². The third kappa shape index (κ3) is 8.42. The maximum absolute atomic E-state index is 11.8. The summed E-state index contributed by atoms with van der Waals surface area (Å²) in [5, 5.41) is 9.83. The molecule has 0 saturated heterocycles. The summed E-state index contributed by atoms with van der Waals surface area (Å²) in [6.07, 6.45) is 2.78. The summed E-state index contributed by atoms with van der Waals surface area (Å²) < 4.78 is 1.82. The normalized spacial score (nSPS) is 11.1. The lowest BCUT2D eigenvalue weighted by atomic mass is 10.3.